The average molecular weight is 250 g/mol. The summed E-state index contributed by atoms with van der Waals surface area (Å²) in [5.41, 5.74) is 2.40. The molecular formula is C14H22N2O2. The third-order valence-electron chi connectivity index (χ3n) is 2.90. The van der Waals surface area contributed by atoms with Crippen molar-refractivity contribution in [1.29, 1.82) is 0 Å². The lowest BCUT2D eigenvalue weighted by molar-refractivity contribution is -0.137. The Morgan fingerprint density at radius 2 is 2.22 bits per heavy atom. The van der Waals surface area contributed by atoms with E-state index < -0.39 is 5.97 Å². The topological polar surface area (TPSA) is 62.2 Å². The van der Waals surface area contributed by atoms with Crippen LogP contribution in [0.4, 0.5) is 0 Å². The van der Waals surface area contributed by atoms with E-state index in [1.165, 1.54) is 5.56 Å². The van der Waals surface area contributed by atoms with Gasteiger partial charge in [0.05, 0.1) is 5.69 Å². The summed E-state index contributed by atoms with van der Waals surface area (Å²) in [6, 6.07) is 4.07. The lowest BCUT2D eigenvalue weighted by atomic mass is 10.1. The minimum atomic E-state index is -0.705. The van der Waals surface area contributed by atoms with Crippen LogP contribution in [0.3, 0.4) is 0 Å². The molecular weight excluding hydrogens is 228 g/mol. The summed E-state index contributed by atoms with van der Waals surface area (Å²) in [5, 5.41) is 11.9. The molecule has 0 atom stereocenters. The zero-order valence-electron chi connectivity index (χ0n) is 11.0. The Kier molecular flexibility index (Phi) is 7.03. The van der Waals surface area contributed by atoms with E-state index in [9.17, 15) is 4.79 Å². The van der Waals surface area contributed by atoms with E-state index in [2.05, 4.69) is 23.3 Å². The fourth-order valence-corrected chi connectivity index (χ4v) is 1.86. The van der Waals surface area contributed by atoms with Crippen molar-refractivity contribution in [3.05, 3.63) is 29.6 Å². The number of carboxylic acids is 1. The maximum atomic E-state index is 10.3. The third kappa shape index (κ3) is 5.77. The maximum Gasteiger partial charge on any atom is 0.303 e. The predicted molar refractivity (Wildman–Crippen MR) is 71.4 cm³/mol. The van der Waals surface area contributed by atoms with Gasteiger partial charge in [0.25, 0.3) is 0 Å². The molecule has 0 aromatic carbocycles. The number of pyridine rings is 1. The number of carboxylic acid groups (broad SMARTS) is 1. The molecule has 4 nitrogen and oxygen atoms in total. The number of unbranched alkanes of at least 4 members (excludes halogenated alkanes) is 2. The molecule has 1 aromatic rings. The van der Waals surface area contributed by atoms with Crippen LogP contribution in [0.5, 0.6) is 0 Å². The van der Waals surface area contributed by atoms with Gasteiger partial charge in [0, 0.05) is 19.2 Å². The zero-order valence-corrected chi connectivity index (χ0v) is 11.0. The molecule has 100 valence electrons. The fraction of sp³-hybridized carbons (Fsp3) is 0.571. The molecule has 0 bridgehead atoms. The van der Waals surface area contributed by atoms with Crippen molar-refractivity contribution in [1.82, 2.24) is 10.3 Å². The summed E-state index contributed by atoms with van der Waals surface area (Å²) >= 11 is 0. The van der Waals surface area contributed by atoms with Crippen LogP contribution in [0, 0.1) is 0 Å². The van der Waals surface area contributed by atoms with Crippen molar-refractivity contribution in [3.63, 3.8) is 0 Å². The zero-order chi connectivity index (χ0) is 13.2. The lowest BCUT2D eigenvalue weighted by Gasteiger charge is -2.07. The SMILES string of the molecule is CCc1cccnc1CNCCCCCC(=O)O. The summed E-state index contributed by atoms with van der Waals surface area (Å²) < 4.78 is 0. The standard InChI is InChI=1S/C14H22N2O2/c1-2-12-7-6-10-16-13(12)11-15-9-5-3-4-8-14(17)18/h6-7,10,15H,2-5,8-9,11H2,1H3,(H,17,18). The van der Waals surface area contributed by atoms with E-state index in [0.29, 0.717) is 0 Å². The predicted octanol–water partition coefficient (Wildman–Crippen LogP) is 2.38. The first-order valence-electron chi connectivity index (χ1n) is 6.59. The molecule has 0 aliphatic carbocycles. The van der Waals surface area contributed by atoms with Gasteiger partial charge in [-0.05, 0) is 37.4 Å². The highest BCUT2D eigenvalue weighted by Gasteiger charge is 2.00. The molecule has 0 spiro atoms. The number of hydrogen-bond acceptors (Lipinski definition) is 3. The summed E-state index contributed by atoms with van der Waals surface area (Å²) in [4.78, 5) is 14.7. The van der Waals surface area contributed by atoms with Crippen molar-refractivity contribution < 1.29 is 9.90 Å². The van der Waals surface area contributed by atoms with E-state index in [4.69, 9.17) is 5.11 Å². The highest BCUT2D eigenvalue weighted by Crippen LogP contribution is 2.05. The largest absolute Gasteiger partial charge is 0.481 e. The van der Waals surface area contributed by atoms with Gasteiger partial charge in [-0.15, -0.1) is 0 Å². The van der Waals surface area contributed by atoms with Crippen LogP contribution >= 0.6 is 0 Å². The first-order valence-corrected chi connectivity index (χ1v) is 6.59. The number of aromatic nitrogens is 1. The Bertz CT molecular complexity index is 367. The van der Waals surface area contributed by atoms with Gasteiger partial charge in [0.1, 0.15) is 0 Å². The quantitative estimate of drug-likeness (QED) is 0.660. The van der Waals surface area contributed by atoms with Crippen LogP contribution in [0.25, 0.3) is 0 Å². The van der Waals surface area contributed by atoms with Crippen LogP contribution in [-0.2, 0) is 17.8 Å². The Balaban J connectivity index is 2.12. The van der Waals surface area contributed by atoms with Crippen LogP contribution in [0.2, 0.25) is 0 Å². The van der Waals surface area contributed by atoms with Crippen molar-refractivity contribution in [2.75, 3.05) is 6.54 Å². The maximum absolute atomic E-state index is 10.3. The molecule has 1 aromatic heterocycles. The van der Waals surface area contributed by atoms with Crippen molar-refractivity contribution in [3.8, 4) is 0 Å². The highest BCUT2D eigenvalue weighted by molar-refractivity contribution is 5.66. The molecule has 0 fully saturated rings. The van der Waals surface area contributed by atoms with E-state index >= 15 is 0 Å². The van der Waals surface area contributed by atoms with Gasteiger partial charge in [-0.2, -0.15) is 0 Å². The minimum absolute atomic E-state index is 0.278. The highest BCUT2D eigenvalue weighted by atomic mass is 16.4. The van der Waals surface area contributed by atoms with Crippen LogP contribution in [-0.4, -0.2) is 22.6 Å². The first-order chi connectivity index (χ1) is 8.74. The number of aryl methyl sites for hydroxylation is 1. The van der Waals surface area contributed by atoms with Gasteiger partial charge in [-0.25, -0.2) is 0 Å². The molecule has 1 rings (SSSR count). The number of nitrogens with zero attached hydrogens (tertiary/aromatic N) is 1. The molecule has 1 heterocycles. The first kappa shape index (κ1) is 14.6. The van der Waals surface area contributed by atoms with Gasteiger partial charge in [0.2, 0.25) is 0 Å². The molecule has 0 unspecified atom stereocenters. The Labute approximate surface area is 108 Å². The smallest absolute Gasteiger partial charge is 0.303 e. The molecule has 0 amide bonds. The molecule has 0 saturated carbocycles. The Morgan fingerprint density at radius 1 is 1.39 bits per heavy atom. The number of nitrogens with one attached hydrogen (secondary N) is 1. The van der Waals surface area contributed by atoms with E-state index in [1.807, 2.05) is 12.3 Å². The molecule has 0 aliphatic heterocycles. The van der Waals surface area contributed by atoms with Gasteiger partial charge in [-0.1, -0.05) is 19.4 Å². The second kappa shape index (κ2) is 8.64. The van der Waals surface area contributed by atoms with Gasteiger partial charge in [0.15, 0.2) is 0 Å². The van der Waals surface area contributed by atoms with Gasteiger partial charge >= 0.3 is 5.97 Å². The van der Waals surface area contributed by atoms with Crippen molar-refractivity contribution in [2.24, 2.45) is 0 Å². The molecule has 2 N–H and O–H groups in total. The van der Waals surface area contributed by atoms with Gasteiger partial charge in [-0.3, -0.25) is 9.78 Å². The van der Waals surface area contributed by atoms with Crippen molar-refractivity contribution >= 4 is 5.97 Å². The van der Waals surface area contributed by atoms with E-state index in [0.717, 1.165) is 44.5 Å². The number of hydrogen-bond donors (Lipinski definition) is 2. The van der Waals surface area contributed by atoms with Gasteiger partial charge < -0.3 is 10.4 Å². The summed E-state index contributed by atoms with van der Waals surface area (Å²) in [6.45, 7) is 3.84. The normalized spacial score (nSPS) is 10.5. The molecule has 0 aliphatic rings. The Morgan fingerprint density at radius 3 is 2.94 bits per heavy atom. The van der Waals surface area contributed by atoms with E-state index in [1.54, 1.807) is 0 Å². The lowest BCUT2D eigenvalue weighted by Crippen LogP contribution is -2.16. The van der Waals surface area contributed by atoms with Crippen LogP contribution < -0.4 is 5.32 Å². The molecule has 0 saturated heterocycles. The third-order valence-corrected chi connectivity index (χ3v) is 2.90. The number of carbonyl (C=O) groups is 1. The minimum Gasteiger partial charge on any atom is -0.481 e. The second-order valence-corrected chi connectivity index (χ2v) is 4.34. The second-order valence-electron chi connectivity index (χ2n) is 4.34. The Hall–Kier alpha value is -1.42. The summed E-state index contributed by atoms with van der Waals surface area (Å²) in [7, 11) is 0. The molecule has 0 radical (unpaired) electrons. The van der Waals surface area contributed by atoms with E-state index in [-0.39, 0.29) is 6.42 Å². The summed E-state index contributed by atoms with van der Waals surface area (Å²) in [5.74, 6) is -0.705. The van der Waals surface area contributed by atoms with Crippen molar-refractivity contribution in [2.45, 2.75) is 45.6 Å². The monoisotopic (exact) mass is 250 g/mol. The summed E-state index contributed by atoms with van der Waals surface area (Å²) in [6.07, 6.45) is 5.84. The van der Waals surface area contributed by atoms with Crippen LogP contribution in [0.1, 0.15) is 43.9 Å². The number of rotatable bonds is 9. The molecule has 4 heteroatoms. The molecule has 18 heavy (non-hydrogen) atoms. The average Bonchev–Trinajstić information content (AvgIpc) is 2.37. The number of aliphatic carboxylic acids is 1. The van der Waals surface area contributed by atoms with Crippen LogP contribution in [0.15, 0.2) is 18.3 Å². The fourth-order valence-electron chi connectivity index (χ4n) is 1.86.